The Labute approximate surface area is 117 Å². The van der Waals surface area contributed by atoms with Gasteiger partial charge in [-0.15, -0.1) is 0 Å². The van der Waals surface area contributed by atoms with Gasteiger partial charge in [0.05, 0.1) is 18.5 Å². The molecule has 1 N–H and O–H groups in total. The van der Waals surface area contributed by atoms with E-state index in [-0.39, 0.29) is 0 Å². The van der Waals surface area contributed by atoms with Crippen molar-refractivity contribution in [2.75, 3.05) is 12.4 Å². The first-order chi connectivity index (χ1) is 9.17. The van der Waals surface area contributed by atoms with Gasteiger partial charge in [-0.05, 0) is 38.0 Å². The van der Waals surface area contributed by atoms with E-state index in [1.165, 1.54) is 12.8 Å². The van der Waals surface area contributed by atoms with E-state index in [0.29, 0.717) is 11.1 Å². The molecule has 19 heavy (non-hydrogen) atoms. The van der Waals surface area contributed by atoms with Gasteiger partial charge in [-0.3, -0.25) is 4.57 Å². The van der Waals surface area contributed by atoms with Crippen molar-refractivity contribution in [2.45, 2.75) is 25.8 Å². The van der Waals surface area contributed by atoms with Crippen LogP contribution in [0.25, 0.3) is 5.69 Å². The second-order valence-electron chi connectivity index (χ2n) is 4.81. The molecule has 0 saturated heterocycles. The van der Waals surface area contributed by atoms with Crippen molar-refractivity contribution in [2.24, 2.45) is 0 Å². The van der Waals surface area contributed by atoms with Crippen molar-refractivity contribution >= 4 is 17.5 Å². The van der Waals surface area contributed by atoms with Gasteiger partial charge in [-0.2, -0.15) is 0 Å². The fraction of sp³-hybridized carbons (Fsp3) is 0.357. The summed E-state index contributed by atoms with van der Waals surface area (Å²) in [6.45, 7) is 1.98. The molecule has 4 nitrogen and oxygen atoms in total. The molecule has 0 atom stereocenters. The second-order valence-corrected chi connectivity index (χ2v) is 5.25. The molecule has 1 aromatic heterocycles. The van der Waals surface area contributed by atoms with Crippen LogP contribution in [0.1, 0.15) is 18.5 Å². The smallest absolute Gasteiger partial charge is 0.208 e. The first-order valence-electron chi connectivity index (χ1n) is 6.34. The molecular weight excluding hydrogens is 262 g/mol. The topological polar surface area (TPSA) is 39.1 Å². The molecule has 0 spiro atoms. The van der Waals surface area contributed by atoms with Crippen LogP contribution in [0.3, 0.4) is 0 Å². The lowest BCUT2D eigenvalue weighted by atomic mass is 10.3. The molecule has 5 heteroatoms. The molecule has 1 heterocycles. The third-order valence-corrected chi connectivity index (χ3v) is 3.37. The largest absolute Gasteiger partial charge is 0.495 e. The van der Waals surface area contributed by atoms with Gasteiger partial charge >= 0.3 is 0 Å². The van der Waals surface area contributed by atoms with Crippen molar-refractivity contribution in [1.82, 2.24) is 9.55 Å². The molecule has 0 unspecified atom stereocenters. The Morgan fingerprint density at radius 1 is 1.42 bits per heavy atom. The lowest BCUT2D eigenvalue weighted by Gasteiger charge is -2.13. The van der Waals surface area contributed by atoms with Crippen molar-refractivity contribution in [3.63, 3.8) is 0 Å². The summed E-state index contributed by atoms with van der Waals surface area (Å²) in [6.07, 6.45) is 4.40. The number of hydrogen-bond donors (Lipinski definition) is 1. The van der Waals surface area contributed by atoms with E-state index in [0.717, 1.165) is 23.1 Å². The van der Waals surface area contributed by atoms with Crippen LogP contribution < -0.4 is 10.1 Å². The Morgan fingerprint density at radius 3 is 2.89 bits per heavy atom. The predicted octanol–water partition coefficient (Wildman–Crippen LogP) is 3.42. The highest BCUT2D eigenvalue weighted by molar-refractivity contribution is 6.30. The fourth-order valence-electron chi connectivity index (χ4n) is 2.04. The molecule has 0 aliphatic heterocycles. The Hall–Kier alpha value is -1.68. The van der Waals surface area contributed by atoms with Crippen molar-refractivity contribution < 1.29 is 4.74 Å². The number of halogens is 1. The molecule has 1 fully saturated rings. The number of nitrogens with zero attached hydrogens (tertiary/aromatic N) is 2. The van der Waals surface area contributed by atoms with Gasteiger partial charge < -0.3 is 10.1 Å². The summed E-state index contributed by atoms with van der Waals surface area (Å²) in [5.41, 5.74) is 1.86. The van der Waals surface area contributed by atoms with Crippen LogP contribution in [0.2, 0.25) is 5.02 Å². The number of aryl methyl sites for hydroxylation is 1. The summed E-state index contributed by atoms with van der Waals surface area (Å²) >= 11 is 6.09. The summed E-state index contributed by atoms with van der Waals surface area (Å²) < 4.78 is 7.40. The van der Waals surface area contributed by atoms with Crippen LogP contribution in [0, 0.1) is 6.92 Å². The van der Waals surface area contributed by atoms with Gasteiger partial charge in [0.25, 0.3) is 0 Å². The molecule has 2 aromatic rings. The Morgan fingerprint density at radius 2 is 2.21 bits per heavy atom. The van der Waals surface area contributed by atoms with Gasteiger partial charge in [0.1, 0.15) is 5.75 Å². The highest BCUT2D eigenvalue weighted by atomic mass is 35.5. The lowest BCUT2D eigenvalue weighted by Crippen LogP contribution is -2.08. The molecule has 1 aliphatic rings. The van der Waals surface area contributed by atoms with Crippen molar-refractivity contribution in [3.05, 3.63) is 35.1 Å². The van der Waals surface area contributed by atoms with E-state index in [4.69, 9.17) is 16.3 Å². The van der Waals surface area contributed by atoms with Crippen molar-refractivity contribution in [1.29, 1.82) is 0 Å². The first-order valence-corrected chi connectivity index (χ1v) is 6.71. The predicted molar refractivity (Wildman–Crippen MR) is 76.5 cm³/mol. The van der Waals surface area contributed by atoms with Crippen LogP contribution in [-0.2, 0) is 0 Å². The van der Waals surface area contributed by atoms with Gasteiger partial charge in [0.2, 0.25) is 5.95 Å². The van der Waals surface area contributed by atoms with Crippen LogP contribution in [0.15, 0.2) is 24.4 Å². The minimum absolute atomic E-state index is 0.547. The molecular formula is C14H16ClN3O. The van der Waals surface area contributed by atoms with E-state index in [1.807, 2.05) is 35.9 Å². The van der Waals surface area contributed by atoms with Crippen LogP contribution in [0.4, 0.5) is 5.95 Å². The van der Waals surface area contributed by atoms with E-state index in [2.05, 4.69) is 10.3 Å². The summed E-state index contributed by atoms with van der Waals surface area (Å²) in [6, 6.07) is 6.13. The third-order valence-electron chi connectivity index (χ3n) is 3.14. The highest BCUT2D eigenvalue weighted by Crippen LogP contribution is 2.31. The number of rotatable bonds is 4. The zero-order valence-corrected chi connectivity index (χ0v) is 11.7. The average Bonchev–Trinajstić information content (AvgIpc) is 3.12. The number of anilines is 1. The van der Waals surface area contributed by atoms with Gasteiger partial charge in [-0.1, -0.05) is 11.6 Å². The van der Waals surface area contributed by atoms with Gasteiger partial charge in [-0.25, -0.2) is 4.98 Å². The van der Waals surface area contributed by atoms with E-state index < -0.39 is 0 Å². The van der Waals surface area contributed by atoms with E-state index in [9.17, 15) is 0 Å². The summed E-state index contributed by atoms with van der Waals surface area (Å²) in [4.78, 5) is 4.53. The zero-order valence-electron chi connectivity index (χ0n) is 11.0. The highest BCUT2D eigenvalue weighted by Gasteiger charge is 2.23. The third kappa shape index (κ3) is 2.54. The maximum atomic E-state index is 6.09. The molecule has 1 aromatic carbocycles. The van der Waals surface area contributed by atoms with E-state index >= 15 is 0 Å². The zero-order chi connectivity index (χ0) is 13.4. The van der Waals surface area contributed by atoms with Gasteiger partial charge in [0.15, 0.2) is 0 Å². The van der Waals surface area contributed by atoms with Crippen LogP contribution >= 0.6 is 11.6 Å². The molecule has 3 rings (SSSR count). The number of imidazole rings is 1. The molecule has 1 aliphatic carbocycles. The Balaban J connectivity index is 2.07. The quantitative estimate of drug-likeness (QED) is 0.931. The Kier molecular flexibility index (Phi) is 3.11. The fourth-order valence-corrected chi connectivity index (χ4v) is 2.21. The lowest BCUT2D eigenvalue weighted by molar-refractivity contribution is 0.413. The normalized spacial score (nSPS) is 14.5. The van der Waals surface area contributed by atoms with E-state index in [1.54, 1.807) is 7.11 Å². The monoisotopic (exact) mass is 277 g/mol. The average molecular weight is 278 g/mol. The number of nitrogens with one attached hydrogen (secondary N) is 1. The number of aromatic nitrogens is 2. The number of benzene rings is 1. The maximum absolute atomic E-state index is 6.09. The Bertz CT molecular complexity index is 605. The van der Waals surface area contributed by atoms with Crippen LogP contribution in [-0.4, -0.2) is 22.7 Å². The van der Waals surface area contributed by atoms with Crippen molar-refractivity contribution in [3.8, 4) is 11.4 Å². The maximum Gasteiger partial charge on any atom is 0.208 e. The van der Waals surface area contributed by atoms with Crippen LogP contribution in [0.5, 0.6) is 5.75 Å². The number of methoxy groups -OCH3 is 1. The summed E-state index contributed by atoms with van der Waals surface area (Å²) in [5, 5.41) is 4.11. The first kappa shape index (κ1) is 12.4. The molecule has 0 amide bonds. The minimum atomic E-state index is 0.547. The molecule has 0 radical (unpaired) electrons. The SMILES string of the molecule is COc1ccc(Cl)cc1-n1cc(C)nc1NC1CC1. The minimum Gasteiger partial charge on any atom is -0.495 e. The number of hydrogen-bond acceptors (Lipinski definition) is 3. The molecule has 0 bridgehead atoms. The second kappa shape index (κ2) is 4.78. The summed E-state index contributed by atoms with van der Waals surface area (Å²) in [5.74, 6) is 1.63. The standard InChI is InChI=1S/C14H16ClN3O/c1-9-8-18(14(16-9)17-11-4-5-11)12-7-10(15)3-6-13(12)19-2/h3,6-8,11H,4-5H2,1-2H3,(H,16,17). The molecule has 100 valence electrons. The summed E-state index contributed by atoms with van der Waals surface area (Å²) in [7, 11) is 1.66. The molecule has 1 saturated carbocycles. The van der Waals surface area contributed by atoms with Gasteiger partial charge in [0, 0.05) is 17.3 Å². The number of ether oxygens (including phenoxy) is 1.